The molecule has 1 aromatic carbocycles. The molecule has 1 saturated carbocycles. The molecule has 9 heteroatoms. The van der Waals surface area contributed by atoms with E-state index in [0.29, 0.717) is 51.1 Å². The first kappa shape index (κ1) is 22.4. The van der Waals surface area contributed by atoms with Crippen molar-refractivity contribution in [3.63, 3.8) is 0 Å². The average Bonchev–Trinajstić information content (AvgIpc) is 3.63. The number of hydrogen-bond donors (Lipinski definition) is 0. The van der Waals surface area contributed by atoms with Crippen molar-refractivity contribution in [2.24, 2.45) is 0 Å². The third-order valence-corrected chi connectivity index (χ3v) is 5.95. The number of aromatic nitrogens is 1. The fourth-order valence-corrected chi connectivity index (χ4v) is 3.89. The summed E-state index contributed by atoms with van der Waals surface area (Å²) in [6.07, 6.45) is -1.44. The lowest BCUT2D eigenvalue weighted by molar-refractivity contribution is -0.137. The summed E-state index contributed by atoms with van der Waals surface area (Å²) in [4.78, 5) is 23.0. The number of nitrogens with zero attached hydrogens (tertiary/aromatic N) is 4. The molecule has 32 heavy (non-hydrogen) atoms. The zero-order valence-corrected chi connectivity index (χ0v) is 18.0. The van der Waals surface area contributed by atoms with E-state index in [-0.39, 0.29) is 5.91 Å². The Labute approximate surface area is 185 Å². The number of hydrogen-bond acceptors (Lipinski definition) is 5. The van der Waals surface area contributed by atoms with Crippen LogP contribution in [0.25, 0.3) is 0 Å². The zero-order valence-electron chi connectivity index (χ0n) is 18.0. The number of carbonyl (C=O) groups is 1. The maximum absolute atomic E-state index is 13.0. The Morgan fingerprint density at radius 2 is 1.78 bits per heavy atom. The standard InChI is InChI=1S/C23H27F3N4O2/c1-32-20-7-2-17(3-8-20)15-30(19-5-6-19)22(31)16-28-10-12-29(13-11-28)21-9-4-18(14-27-21)23(24,25)26/h2-4,7-9,14,19H,5-6,10-13,15-16H2,1H3. The SMILES string of the molecule is COc1ccc(CN(C(=O)CN2CCN(c3ccc(C(F)(F)F)cn3)CC2)C2CC2)cc1. The van der Waals surface area contributed by atoms with Gasteiger partial charge in [-0.3, -0.25) is 9.69 Å². The smallest absolute Gasteiger partial charge is 0.417 e. The topological polar surface area (TPSA) is 48.9 Å². The number of rotatable bonds is 7. The predicted molar refractivity (Wildman–Crippen MR) is 114 cm³/mol. The van der Waals surface area contributed by atoms with Crippen LogP contribution in [-0.4, -0.2) is 66.6 Å². The van der Waals surface area contributed by atoms with Gasteiger partial charge in [0.25, 0.3) is 0 Å². The second-order valence-electron chi connectivity index (χ2n) is 8.27. The Hall–Kier alpha value is -2.81. The first-order valence-electron chi connectivity index (χ1n) is 10.8. The normalized spacial score (nSPS) is 17.3. The minimum atomic E-state index is -4.39. The quantitative estimate of drug-likeness (QED) is 0.650. The van der Waals surface area contributed by atoms with E-state index in [0.717, 1.165) is 36.4 Å². The summed E-state index contributed by atoms with van der Waals surface area (Å²) in [6, 6.07) is 10.5. The van der Waals surface area contributed by atoms with Crippen LogP contribution >= 0.6 is 0 Å². The van der Waals surface area contributed by atoms with E-state index in [1.807, 2.05) is 34.1 Å². The molecule has 2 aromatic rings. The lowest BCUT2D eigenvalue weighted by Crippen LogP contribution is -2.50. The molecule has 0 radical (unpaired) electrons. The molecule has 6 nitrogen and oxygen atoms in total. The number of methoxy groups -OCH3 is 1. The van der Waals surface area contributed by atoms with Crippen molar-refractivity contribution in [3.8, 4) is 5.75 Å². The number of benzene rings is 1. The van der Waals surface area contributed by atoms with Crippen LogP contribution in [0.5, 0.6) is 5.75 Å². The van der Waals surface area contributed by atoms with Gasteiger partial charge in [0, 0.05) is 45.0 Å². The van der Waals surface area contributed by atoms with Crippen LogP contribution in [0.3, 0.4) is 0 Å². The summed E-state index contributed by atoms with van der Waals surface area (Å²) in [6.45, 7) is 3.50. The summed E-state index contributed by atoms with van der Waals surface area (Å²) in [7, 11) is 1.63. The molecule has 2 aliphatic rings. The van der Waals surface area contributed by atoms with E-state index >= 15 is 0 Å². The van der Waals surface area contributed by atoms with Gasteiger partial charge in [-0.15, -0.1) is 0 Å². The highest BCUT2D eigenvalue weighted by Gasteiger charge is 2.34. The largest absolute Gasteiger partial charge is 0.497 e. The second kappa shape index (κ2) is 9.36. The summed E-state index contributed by atoms with van der Waals surface area (Å²) < 4.78 is 43.4. The highest BCUT2D eigenvalue weighted by Crippen LogP contribution is 2.30. The van der Waals surface area contributed by atoms with Crippen molar-refractivity contribution in [1.82, 2.24) is 14.8 Å². The van der Waals surface area contributed by atoms with E-state index < -0.39 is 11.7 Å². The number of amides is 1. The molecular weight excluding hydrogens is 421 g/mol. The van der Waals surface area contributed by atoms with Crippen LogP contribution in [0.1, 0.15) is 24.0 Å². The maximum atomic E-state index is 13.0. The monoisotopic (exact) mass is 448 g/mol. The fraction of sp³-hybridized carbons (Fsp3) is 0.478. The highest BCUT2D eigenvalue weighted by molar-refractivity contribution is 5.79. The Morgan fingerprint density at radius 1 is 1.09 bits per heavy atom. The number of ether oxygens (including phenoxy) is 1. The van der Waals surface area contributed by atoms with Crippen molar-refractivity contribution >= 4 is 11.7 Å². The number of piperazine rings is 1. The lowest BCUT2D eigenvalue weighted by atomic mass is 10.2. The van der Waals surface area contributed by atoms with Gasteiger partial charge in [0.05, 0.1) is 19.2 Å². The van der Waals surface area contributed by atoms with Crippen LogP contribution in [0.15, 0.2) is 42.6 Å². The molecule has 0 bridgehead atoms. The van der Waals surface area contributed by atoms with Crippen molar-refractivity contribution in [2.75, 3.05) is 44.7 Å². The second-order valence-corrected chi connectivity index (χ2v) is 8.27. The molecule has 0 N–H and O–H groups in total. The van der Waals surface area contributed by atoms with Crippen LogP contribution in [-0.2, 0) is 17.5 Å². The van der Waals surface area contributed by atoms with E-state index in [1.54, 1.807) is 7.11 Å². The Kier molecular flexibility index (Phi) is 6.55. The van der Waals surface area contributed by atoms with Gasteiger partial charge in [-0.1, -0.05) is 12.1 Å². The highest BCUT2D eigenvalue weighted by atomic mass is 19.4. The minimum Gasteiger partial charge on any atom is -0.497 e. The van der Waals surface area contributed by atoms with Crippen molar-refractivity contribution in [2.45, 2.75) is 31.6 Å². The number of halogens is 3. The Morgan fingerprint density at radius 3 is 2.31 bits per heavy atom. The number of pyridine rings is 1. The van der Waals surface area contributed by atoms with Gasteiger partial charge in [-0.2, -0.15) is 13.2 Å². The molecule has 1 aliphatic carbocycles. The minimum absolute atomic E-state index is 0.115. The van der Waals surface area contributed by atoms with Gasteiger partial charge in [-0.25, -0.2) is 4.98 Å². The third kappa shape index (κ3) is 5.51. The molecule has 0 unspecified atom stereocenters. The van der Waals surface area contributed by atoms with E-state index in [2.05, 4.69) is 9.88 Å². The number of anilines is 1. The molecule has 1 amide bonds. The lowest BCUT2D eigenvalue weighted by Gasteiger charge is -2.36. The molecule has 172 valence electrons. The van der Waals surface area contributed by atoms with Gasteiger partial charge >= 0.3 is 6.18 Å². The molecule has 0 spiro atoms. The summed E-state index contributed by atoms with van der Waals surface area (Å²) in [5.74, 6) is 1.44. The molecule has 2 fully saturated rings. The average molecular weight is 448 g/mol. The third-order valence-electron chi connectivity index (χ3n) is 5.95. The predicted octanol–water partition coefficient (Wildman–Crippen LogP) is 3.42. The summed E-state index contributed by atoms with van der Waals surface area (Å²) >= 11 is 0. The Bertz CT molecular complexity index is 906. The molecular formula is C23H27F3N4O2. The first-order chi connectivity index (χ1) is 15.3. The van der Waals surface area contributed by atoms with Crippen molar-refractivity contribution in [1.29, 1.82) is 0 Å². The zero-order chi connectivity index (χ0) is 22.7. The van der Waals surface area contributed by atoms with E-state index in [9.17, 15) is 18.0 Å². The summed E-state index contributed by atoms with van der Waals surface area (Å²) in [5.41, 5.74) is 0.326. The van der Waals surface area contributed by atoms with Crippen LogP contribution in [0.4, 0.5) is 19.0 Å². The van der Waals surface area contributed by atoms with Crippen LogP contribution in [0, 0.1) is 0 Å². The van der Waals surface area contributed by atoms with Gasteiger partial charge in [-0.05, 0) is 42.7 Å². The van der Waals surface area contributed by atoms with Gasteiger partial charge in [0.2, 0.25) is 5.91 Å². The van der Waals surface area contributed by atoms with Gasteiger partial charge < -0.3 is 14.5 Å². The number of carbonyl (C=O) groups excluding carboxylic acids is 1. The molecule has 1 aliphatic heterocycles. The number of alkyl halides is 3. The summed E-state index contributed by atoms with van der Waals surface area (Å²) in [5, 5.41) is 0. The molecule has 1 saturated heterocycles. The van der Waals surface area contributed by atoms with Crippen LogP contribution in [0.2, 0.25) is 0 Å². The molecule has 0 atom stereocenters. The fourth-order valence-electron chi connectivity index (χ4n) is 3.89. The van der Waals surface area contributed by atoms with Crippen molar-refractivity contribution in [3.05, 3.63) is 53.7 Å². The molecule has 2 heterocycles. The van der Waals surface area contributed by atoms with Crippen molar-refractivity contribution < 1.29 is 22.7 Å². The maximum Gasteiger partial charge on any atom is 0.417 e. The van der Waals surface area contributed by atoms with E-state index in [1.165, 1.54) is 6.07 Å². The molecule has 4 rings (SSSR count). The van der Waals surface area contributed by atoms with Crippen LogP contribution < -0.4 is 9.64 Å². The van der Waals surface area contributed by atoms with E-state index in [4.69, 9.17) is 4.74 Å². The van der Waals surface area contributed by atoms with Gasteiger partial charge in [0.1, 0.15) is 11.6 Å². The molecule has 1 aromatic heterocycles. The first-order valence-corrected chi connectivity index (χ1v) is 10.8. The van der Waals surface area contributed by atoms with Gasteiger partial charge in [0.15, 0.2) is 0 Å². The Balaban J connectivity index is 1.30.